The van der Waals surface area contributed by atoms with Crippen LogP contribution in [0.3, 0.4) is 0 Å². The number of halogens is 4. The molecule has 6 aromatic heterocycles. The third kappa shape index (κ3) is 13.1. The molecular formula is C99H59F4N15. The predicted octanol–water partition coefficient (Wildman–Crippen LogP) is 23.7. The Kier molecular flexibility index (Phi) is 17.9. The summed E-state index contributed by atoms with van der Waals surface area (Å²) >= 11 is 0. The fourth-order valence-corrected chi connectivity index (χ4v) is 15.4. The van der Waals surface area contributed by atoms with E-state index in [1.807, 2.05) is 325 Å². The summed E-state index contributed by atoms with van der Waals surface area (Å²) in [4.78, 5) is 61.4. The van der Waals surface area contributed by atoms with E-state index in [2.05, 4.69) is 6.07 Å². The van der Waals surface area contributed by atoms with Crippen LogP contribution in [0.5, 0.6) is 0 Å². The molecule has 15 nitrogen and oxygen atoms in total. The molecule has 0 aliphatic carbocycles. The van der Waals surface area contributed by atoms with Gasteiger partial charge in [0.05, 0.1) is 39.0 Å². The summed E-state index contributed by atoms with van der Waals surface area (Å²) in [6.45, 7) is -1.29. The minimum absolute atomic E-state index is 0.0186. The third-order valence-corrected chi connectivity index (χ3v) is 21.0. The molecule has 0 bridgehead atoms. The standard InChI is InChI=1S/C99H59F4N15/c100-58-72-42-25-43-79(99(101,102)103)85(72)73-48-53-84(117-80-49-44-68(95-109-87(60-26-9-1-10-27-60)105-88(110-95)61-28-11-2-12-29-61)54-74(80)75-55-69(45-50-81(75)117)96-111-89(62-30-13-3-14-31-62)106-90(112-96)63-32-15-4-16-33-63)78(59-104)86(73)118-82-51-46-70(97-113-91(64-34-17-5-18-35-64)107-92(114-97)65-36-19-6-20-37-65)56-76(82)77-57-71(47-52-83(77)118)98-115-93(66-38-21-7-22-39-66)108-94(116-98)67-40-23-8-24-41-67/h1-57H,58H2. The summed E-state index contributed by atoms with van der Waals surface area (Å²) in [6.07, 6.45) is -5.02. The molecule has 118 heavy (non-hydrogen) atoms. The number of benzene rings is 14. The maximum Gasteiger partial charge on any atom is 0.417 e. The predicted molar refractivity (Wildman–Crippen MR) is 454 cm³/mol. The van der Waals surface area contributed by atoms with Gasteiger partial charge in [0.25, 0.3) is 0 Å². The van der Waals surface area contributed by atoms with Gasteiger partial charge in [-0.1, -0.05) is 261 Å². The molecule has 0 radical (unpaired) electrons. The molecular weight excluding hydrogens is 1480 g/mol. The van der Waals surface area contributed by atoms with Crippen molar-refractivity contribution in [3.8, 4) is 165 Å². The maximum atomic E-state index is 16.3. The van der Waals surface area contributed by atoms with Crippen molar-refractivity contribution in [2.24, 2.45) is 0 Å². The summed E-state index contributed by atoms with van der Waals surface area (Å²) in [5.74, 6) is 4.81. The van der Waals surface area contributed by atoms with Crippen molar-refractivity contribution >= 4 is 43.6 Å². The summed E-state index contributed by atoms with van der Waals surface area (Å²) in [6, 6.07) is 109. The zero-order valence-electron chi connectivity index (χ0n) is 62.3. The lowest BCUT2D eigenvalue weighted by Crippen LogP contribution is -2.12. The summed E-state index contributed by atoms with van der Waals surface area (Å²) in [5.41, 5.74) is 8.81. The van der Waals surface area contributed by atoms with Crippen LogP contribution in [0, 0.1) is 11.3 Å². The first-order valence-electron chi connectivity index (χ1n) is 38.0. The van der Waals surface area contributed by atoms with E-state index in [-0.39, 0.29) is 28.1 Å². The van der Waals surface area contributed by atoms with Crippen LogP contribution in [0.4, 0.5) is 17.6 Å². The van der Waals surface area contributed by atoms with Crippen molar-refractivity contribution in [2.75, 3.05) is 0 Å². The number of alkyl halides is 4. The van der Waals surface area contributed by atoms with E-state index in [0.29, 0.717) is 136 Å². The van der Waals surface area contributed by atoms with E-state index < -0.39 is 24.0 Å². The van der Waals surface area contributed by atoms with Gasteiger partial charge in [0.2, 0.25) is 0 Å². The van der Waals surface area contributed by atoms with Crippen LogP contribution in [0.25, 0.3) is 203 Å². The fraction of sp³-hybridized carbons (Fsp3) is 0.0202. The highest BCUT2D eigenvalue weighted by Gasteiger charge is 2.37. The topological polar surface area (TPSA) is 188 Å². The van der Waals surface area contributed by atoms with Gasteiger partial charge in [-0.3, -0.25) is 0 Å². The first-order valence-corrected chi connectivity index (χ1v) is 38.0. The molecule has 0 aliphatic heterocycles. The monoisotopic (exact) mass is 1530 g/mol. The van der Waals surface area contributed by atoms with Crippen LogP contribution in [0.2, 0.25) is 0 Å². The quantitative estimate of drug-likeness (QED) is 0.0832. The third-order valence-electron chi connectivity index (χ3n) is 21.0. The van der Waals surface area contributed by atoms with Crippen molar-refractivity contribution in [2.45, 2.75) is 12.9 Å². The molecule has 0 amide bonds. The van der Waals surface area contributed by atoms with Crippen molar-refractivity contribution in [3.05, 3.63) is 362 Å². The zero-order chi connectivity index (χ0) is 79.4. The van der Waals surface area contributed by atoms with Crippen LogP contribution in [-0.2, 0) is 12.9 Å². The normalized spacial score (nSPS) is 11.6. The van der Waals surface area contributed by atoms with Crippen LogP contribution < -0.4 is 0 Å². The Morgan fingerprint density at radius 3 is 0.746 bits per heavy atom. The van der Waals surface area contributed by atoms with Gasteiger partial charge in [-0.2, -0.15) is 18.4 Å². The highest BCUT2D eigenvalue weighted by Crippen LogP contribution is 2.49. The van der Waals surface area contributed by atoms with Crippen LogP contribution in [-0.4, -0.2) is 68.9 Å². The summed E-state index contributed by atoms with van der Waals surface area (Å²) < 4.78 is 69.0. The van der Waals surface area contributed by atoms with Gasteiger partial charge in [-0.25, -0.2) is 64.2 Å². The zero-order valence-corrected chi connectivity index (χ0v) is 62.3. The Morgan fingerprint density at radius 2 is 0.508 bits per heavy atom. The van der Waals surface area contributed by atoms with Crippen LogP contribution in [0.15, 0.2) is 346 Å². The molecule has 0 atom stereocenters. The van der Waals surface area contributed by atoms with E-state index in [0.717, 1.165) is 50.6 Å². The lowest BCUT2D eigenvalue weighted by molar-refractivity contribution is -0.137. The average Bonchev–Trinajstić information content (AvgIpc) is 1.54. The lowest BCUT2D eigenvalue weighted by Gasteiger charge is -2.23. The molecule has 0 saturated carbocycles. The van der Waals surface area contributed by atoms with Gasteiger partial charge in [-0.15, -0.1) is 0 Å². The fourth-order valence-electron chi connectivity index (χ4n) is 15.4. The van der Waals surface area contributed by atoms with Gasteiger partial charge < -0.3 is 9.13 Å². The molecule has 0 fully saturated rings. The van der Waals surface area contributed by atoms with E-state index in [4.69, 9.17) is 59.8 Å². The number of hydrogen-bond acceptors (Lipinski definition) is 13. The maximum absolute atomic E-state index is 16.3. The number of nitriles is 1. The Morgan fingerprint density at radius 1 is 0.263 bits per heavy atom. The summed E-state index contributed by atoms with van der Waals surface area (Å²) in [7, 11) is 0. The van der Waals surface area contributed by atoms with Gasteiger partial charge >= 0.3 is 6.18 Å². The molecule has 0 saturated heterocycles. The minimum Gasteiger partial charge on any atom is -0.308 e. The SMILES string of the molecule is N#Cc1c(-n2c3ccc(-c4nc(-c5ccccc5)nc(-c5ccccc5)n4)cc3c3cc(-c4nc(-c5ccccc5)nc(-c5ccccc5)n4)ccc32)ccc(-c2c(CF)cccc2C(F)(F)F)c1-n1c2ccc(-c3nc(-c4ccccc4)nc(-c4ccccc4)n3)cc2c2cc(-c3nc(-c4ccccc4)nc(-c4ccccc4)n3)ccc21. The second-order valence-corrected chi connectivity index (χ2v) is 28.2. The number of fused-ring (bicyclic) bond motifs is 6. The van der Waals surface area contributed by atoms with Crippen molar-refractivity contribution < 1.29 is 17.6 Å². The number of rotatable bonds is 16. The molecule has 20 aromatic rings. The van der Waals surface area contributed by atoms with Crippen molar-refractivity contribution in [1.82, 2.24) is 68.9 Å². The second kappa shape index (κ2) is 29.8. The molecule has 558 valence electrons. The average molecular weight is 1530 g/mol. The minimum atomic E-state index is -5.02. The van der Waals surface area contributed by atoms with Crippen molar-refractivity contribution in [3.63, 3.8) is 0 Å². The summed E-state index contributed by atoms with van der Waals surface area (Å²) in [5, 5.41) is 15.1. The second-order valence-electron chi connectivity index (χ2n) is 28.2. The molecule has 0 aliphatic rings. The Bertz CT molecular complexity index is 6720. The van der Waals surface area contributed by atoms with Gasteiger partial charge in [0, 0.05) is 99.4 Å². The lowest BCUT2D eigenvalue weighted by atomic mass is 9.90. The van der Waals surface area contributed by atoms with Gasteiger partial charge in [-0.05, 0) is 90.5 Å². The van der Waals surface area contributed by atoms with E-state index >= 15 is 17.6 Å². The molecule has 0 unspecified atom stereocenters. The first-order chi connectivity index (χ1) is 58.0. The number of aromatic nitrogens is 14. The molecule has 0 N–H and O–H groups in total. The van der Waals surface area contributed by atoms with Crippen LogP contribution >= 0.6 is 0 Å². The smallest absolute Gasteiger partial charge is 0.308 e. The van der Waals surface area contributed by atoms with Crippen molar-refractivity contribution in [1.29, 1.82) is 5.26 Å². The van der Waals surface area contributed by atoms with E-state index in [9.17, 15) is 5.26 Å². The number of hydrogen-bond donors (Lipinski definition) is 0. The molecule has 14 aromatic carbocycles. The highest BCUT2D eigenvalue weighted by atomic mass is 19.4. The van der Waals surface area contributed by atoms with Crippen LogP contribution in [0.1, 0.15) is 16.7 Å². The number of nitrogens with zero attached hydrogens (tertiary/aromatic N) is 15. The Labute approximate surface area is 672 Å². The largest absolute Gasteiger partial charge is 0.417 e. The van der Waals surface area contributed by atoms with E-state index in [1.54, 1.807) is 12.1 Å². The molecule has 0 spiro atoms. The van der Waals surface area contributed by atoms with Gasteiger partial charge in [0.1, 0.15) is 18.3 Å². The molecule has 20 rings (SSSR count). The first kappa shape index (κ1) is 71.0. The molecule has 6 heterocycles. The molecule has 19 heteroatoms. The highest BCUT2D eigenvalue weighted by molar-refractivity contribution is 6.14. The van der Waals surface area contributed by atoms with E-state index in [1.165, 1.54) is 12.1 Å². The Balaban J connectivity index is 0.878. The Hall–Kier alpha value is -16.1. The van der Waals surface area contributed by atoms with Gasteiger partial charge in [0.15, 0.2) is 69.9 Å².